The molecule has 0 radical (unpaired) electrons. The van der Waals surface area contributed by atoms with Gasteiger partial charge in [0, 0.05) is 16.5 Å². The molecule has 0 aliphatic rings. The van der Waals surface area contributed by atoms with Gasteiger partial charge in [0.2, 0.25) is 0 Å². The van der Waals surface area contributed by atoms with Gasteiger partial charge in [0.1, 0.15) is 6.04 Å². The third-order valence-corrected chi connectivity index (χ3v) is 4.71. The molecule has 0 aliphatic heterocycles. The van der Waals surface area contributed by atoms with Crippen LogP contribution in [-0.4, -0.2) is 17.4 Å². The number of hydrogen-bond acceptors (Lipinski definition) is 3. The van der Waals surface area contributed by atoms with E-state index in [2.05, 4.69) is 10.3 Å². The fourth-order valence-electron chi connectivity index (χ4n) is 2.47. The molecule has 1 atom stereocenters. The van der Waals surface area contributed by atoms with Crippen molar-refractivity contribution in [1.82, 2.24) is 4.98 Å². The van der Waals surface area contributed by atoms with E-state index in [0.717, 1.165) is 17.7 Å². The highest BCUT2D eigenvalue weighted by atomic mass is 32.1. The van der Waals surface area contributed by atoms with Crippen LogP contribution < -0.4 is 10.6 Å². The summed E-state index contributed by atoms with van der Waals surface area (Å²) in [6, 6.07) is 13.7. The third-order valence-electron chi connectivity index (χ3n) is 3.95. The van der Waals surface area contributed by atoms with Crippen LogP contribution in [0.15, 0.2) is 53.9 Å². The normalized spacial score (nSPS) is 12.0. The summed E-state index contributed by atoms with van der Waals surface area (Å²) in [5, 5.41) is 6.79. The maximum atomic E-state index is 13.3. The van der Waals surface area contributed by atoms with Crippen molar-refractivity contribution in [3.8, 4) is 11.3 Å². The first-order valence-electron chi connectivity index (χ1n) is 8.12. The number of thiazole rings is 1. The van der Waals surface area contributed by atoms with Crippen LogP contribution in [-0.2, 0) is 4.79 Å². The van der Waals surface area contributed by atoms with Crippen LogP contribution in [0.25, 0.3) is 11.3 Å². The highest BCUT2D eigenvalue weighted by molar-refractivity contribution is 7.14. The maximum Gasteiger partial charge on any atom is 0.281 e. The zero-order valence-corrected chi connectivity index (χ0v) is 14.9. The first kappa shape index (κ1) is 18.2. The average molecular weight is 374 g/mol. The lowest BCUT2D eigenvalue weighted by molar-refractivity contribution is -0.682. The minimum Gasteiger partial charge on any atom is -0.333 e. The Kier molecular flexibility index (Phi) is 5.70. The molecule has 4 nitrogen and oxygen atoms in total. The van der Waals surface area contributed by atoms with Crippen molar-refractivity contribution in [2.45, 2.75) is 13.0 Å². The van der Waals surface area contributed by atoms with Gasteiger partial charge < -0.3 is 5.32 Å². The number of benzene rings is 2. The number of carbonyl (C=O) groups excluding carboxylic acids is 1. The van der Waals surface area contributed by atoms with Crippen molar-refractivity contribution >= 4 is 22.4 Å². The third kappa shape index (κ3) is 4.50. The van der Waals surface area contributed by atoms with Crippen LogP contribution >= 0.6 is 11.3 Å². The van der Waals surface area contributed by atoms with E-state index in [9.17, 15) is 13.6 Å². The van der Waals surface area contributed by atoms with E-state index < -0.39 is 11.6 Å². The molecule has 2 aromatic carbocycles. The predicted octanol–water partition coefficient (Wildman–Crippen LogP) is 3.35. The van der Waals surface area contributed by atoms with Gasteiger partial charge in [-0.25, -0.2) is 13.8 Å². The molecule has 1 amide bonds. The Balaban J connectivity index is 1.57. The Morgan fingerprint density at radius 2 is 1.96 bits per heavy atom. The number of amides is 1. The largest absolute Gasteiger partial charge is 0.333 e. The molecule has 0 saturated carbocycles. The van der Waals surface area contributed by atoms with Gasteiger partial charge in [-0.2, -0.15) is 0 Å². The van der Waals surface area contributed by atoms with E-state index in [1.54, 1.807) is 5.38 Å². The number of aromatic nitrogens is 1. The van der Waals surface area contributed by atoms with Crippen molar-refractivity contribution in [2.24, 2.45) is 0 Å². The van der Waals surface area contributed by atoms with Gasteiger partial charge in [-0.3, -0.25) is 10.1 Å². The number of rotatable bonds is 6. The van der Waals surface area contributed by atoms with Gasteiger partial charge in [0.05, 0.1) is 5.69 Å². The quantitative estimate of drug-likeness (QED) is 0.695. The highest BCUT2D eigenvalue weighted by Gasteiger charge is 2.13. The molecule has 1 heterocycles. The molecular weight excluding hydrogens is 356 g/mol. The molecule has 3 rings (SSSR count). The van der Waals surface area contributed by atoms with Crippen molar-refractivity contribution in [3.05, 3.63) is 71.1 Å². The Morgan fingerprint density at radius 1 is 1.19 bits per heavy atom. The predicted molar refractivity (Wildman–Crippen MR) is 97.7 cm³/mol. The molecule has 7 heteroatoms. The Labute approximate surface area is 153 Å². The van der Waals surface area contributed by atoms with E-state index >= 15 is 0 Å². The van der Waals surface area contributed by atoms with E-state index in [0.29, 0.717) is 16.4 Å². The summed E-state index contributed by atoms with van der Waals surface area (Å²) in [7, 11) is 0. The smallest absolute Gasteiger partial charge is 0.281 e. The number of nitrogens with zero attached hydrogens (tertiary/aromatic N) is 1. The van der Waals surface area contributed by atoms with Crippen LogP contribution in [0.2, 0.25) is 0 Å². The summed E-state index contributed by atoms with van der Waals surface area (Å²) in [5.74, 6) is -2.00. The van der Waals surface area contributed by atoms with Crippen LogP contribution in [0.5, 0.6) is 0 Å². The van der Waals surface area contributed by atoms with Crippen molar-refractivity contribution in [1.29, 1.82) is 0 Å². The topological polar surface area (TPSA) is 58.6 Å². The zero-order valence-electron chi connectivity index (χ0n) is 14.1. The van der Waals surface area contributed by atoms with Crippen LogP contribution in [0.1, 0.15) is 18.5 Å². The molecule has 1 aromatic heterocycles. The molecule has 0 aliphatic carbocycles. The first-order chi connectivity index (χ1) is 12.5. The van der Waals surface area contributed by atoms with Gasteiger partial charge in [0.25, 0.3) is 5.91 Å². The van der Waals surface area contributed by atoms with E-state index in [1.165, 1.54) is 17.4 Å². The Morgan fingerprint density at radius 3 is 2.69 bits per heavy atom. The Bertz CT molecular complexity index is 899. The van der Waals surface area contributed by atoms with Gasteiger partial charge in [-0.15, -0.1) is 11.3 Å². The number of halogens is 2. The fourth-order valence-corrected chi connectivity index (χ4v) is 3.20. The maximum absolute atomic E-state index is 13.3. The summed E-state index contributed by atoms with van der Waals surface area (Å²) in [4.78, 5) is 16.4. The summed E-state index contributed by atoms with van der Waals surface area (Å²) >= 11 is 1.24. The van der Waals surface area contributed by atoms with Crippen LogP contribution in [0.4, 0.5) is 13.9 Å². The lowest BCUT2D eigenvalue weighted by atomic mass is 10.1. The zero-order chi connectivity index (χ0) is 18.5. The lowest BCUT2D eigenvalue weighted by Crippen LogP contribution is -2.86. The molecule has 3 N–H and O–H groups in total. The number of quaternary nitrogens is 1. The highest BCUT2D eigenvalue weighted by Crippen LogP contribution is 2.26. The van der Waals surface area contributed by atoms with Gasteiger partial charge in [-0.1, -0.05) is 30.3 Å². The number of carbonyl (C=O) groups is 1. The second-order valence-electron chi connectivity index (χ2n) is 5.85. The molecule has 3 aromatic rings. The van der Waals surface area contributed by atoms with Crippen molar-refractivity contribution in [2.75, 3.05) is 11.9 Å². The van der Waals surface area contributed by atoms with E-state index in [4.69, 9.17) is 0 Å². The molecule has 0 fully saturated rings. The lowest BCUT2D eigenvalue weighted by Gasteiger charge is -2.10. The number of nitrogens with one attached hydrogen (secondary N) is 1. The number of anilines is 1. The molecule has 0 saturated heterocycles. The van der Waals surface area contributed by atoms with Crippen LogP contribution in [0, 0.1) is 11.6 Å². The van der Waals surface area contributed by atoms with Crippen molar-refractivity contribution in [3.63, 3.8) is 0 Å². The van der Waals surface area contributed by atoms with Crippen molar-refractivity contribution < 1.29 is 18.9 Å². The van der Waals surface area contributed by atoms with Gasteiger partial charge >= 0.3 is 0 Å². The second kappa shape index (κ2) is 8.16. The summed E-state index contributed by atoms with van der Waals surface area (Å²) < 4.78 is 26.3. The van der Waals surface area contributed by atoms with E-state index in [-0.39, 0.29) is 18.5 Å². The summed E-state index contributed by atoms with van der Waals surface area (Å²) in [6.45, 7) is 2.29. The monoisotopic (exact) mass is 374 g/mol. The number of nitrogens with two attached hydrogens (primary N) is 1. The fraction of sp³-hybridized carbons (Fsp3) is 0.158. The molecular formula is C19H18F2N3OS+. The van der Waals surface area contributed by atoms with Gasteiger partial charge in [0.15, 0.2) is 23.3 Å². The minimum absolute atomic E-state index is 0.163. The molecule has 0 spiro atoms. The molecule has 26 heavy (non-hydrogen) atoms. The molecule has 0 unspecified atom stereocenters. The molecule has 134 valence electrons. The summed E-state index contributed by atoms with van der Waals surface area (Å²) in [6.07, 6.45) is 0. The first-order valence-corrected chi connectivity index (χ1v) is 9.00. The number of hydrogen-bond donors (Lipinski definition) is 2. The standard InChI is InChI=1S/C19H17F2N3OS/c1-12(13-5-3-2-4-6-13)22-10-18(25)24-19-23-17(11-26-19)14-7-8-15(20)16(21)9-14/h2-9,11-12,22H,10H2,1H3,(H,23,24,25)/p+1/t12-/m0/s1. The Hall–Kier alpha value is -2.64. The van der Waals surface area contributed by atoms with E-state index in [1.807, 2.05) is 42.6 Å². The molecule has 0 bridgehead atoms. The SMILES string of the molecule is C[C@H]([NH2+]CC(=O)Nc1nc(-c2ccc(F)c(F)c2)cs1)c1ccccc1. The average Bonchev–Trinajstić information content (AvgIpc) is 3.11. The minimum atomic E-state index is -0.925. The van der Waals surface area contributed by atoms with Crippen LogP contribution in [0.3, 0.4) is 0 Å². The second-order valence-corrected chi connectivity index (χ2v) is 6.71. The summed E-state index contributed by atoms with van der Waals surface area (Å²) in [5.41, 5.74) is 2.10. The van der Waals surface area contributed by atoms with Gasteiger partial charge in [-0.05, 0) is 25.1 Å².